The first kappa shape index (κ1) is 14.8. The highest BCUT2D eigenvalue weighted by Gasteiger charge is 2.02. The van der Waals surface area contributed by atoms with Gasteiger partial charge in [0.2, 0.25) is 0 Å². The topological polar surface area (TPSA) is 99.7 Å². The van der Waals surface area contributed by atoms with Gasteiger partial charge in [0.15, 0.2) is 5.84 Å². The predicted octanol–water partition coefficient (Wildman–Crippen LogP) is 1.38. The summed E-state index contributed by atoms with van der Waals surface area (Å²) in [6, 6.07) is 6.96. The lowest BCUT2D eigenvalue weighted by molar-refractivity contribution is 0.240. The van der Waals surface area contributed by atoms with E-state index in [-0.39, 0.29) is 11.9 Å². The van der Waals surface area contributed by atoms with E-state index in [1.165, 1.54) is 0 Å². The van der Waals surface area contributed by atoms with Gasteiger partial charge in [-0.1, -0.05) is 36.7 Å². The second-order valence-electron chi connectivity index (χ2n) is 4.15. The molecule has 1 aromatic carbocycles. The van der Waals surface area contributed by atoms with Crippen LogP contribution in [0.15, 0.2) is 29.4 Å². The van der Waals surface area contributed by atoms with Gasteiger partial charge in [0.25, 0.3) is 0 Å². The van der Waals surface area contributed by atoms with E-state index in [4.69, 9.17) is 10.9 Å². The fourth-order valence-electron chi connectivity index (χ4n) is 1.52. The van der Waals surface area contributed by atoms with E-state index in [1.54, 1.807) is 18.2 Å². The zero-order valence-electron chi connectivity index (χ0n) is 11.0. The van der Waals surface area contributed by atoms with Gasteiger partial charge in [0.05, 0.1) is 0 Å². The van der Waals surface area contributed by atoms with Gasteiger partial charge in [-0.2, -0.15) is 0 Å². The summed E-state index contributed by atoms with van der Waals surface area (Å²) >= 11 is 0. The largest absolute Gasteiger partial charge is 0.409 e. The van der Waals surface area contributed by atoms with Gasteiger partial charge >= 0.3 is 6.03 Å². The number of rotatable bonds is 6. The molecule has 0 bridgehead atoms. The normalized spacial score (nSPS) is 11.1. The molecular formula is C13H20N4O2. The second-order valence-corrected chi connectivity index (χ2v) is 4.15. The lowest BCUT2D eigenvalue weighted by Gasteiger charge is -2.08. The Balaban J connectivity index is 2.47. The average molecular weight is 264 g/mol. The molecule has 2 amide bonds. The molecule has 6 heteroatoms. The van der Waals surface area contributed by atoms with Crippen LogP contribution in [0.5, 0.6) is 0 Å². The smallest absolute Gasteiger partial charge is 0.315 e. The maximum atomic E-state index is 11.5. The molecule has 0 heterocycles. The second kappa shape index (κ2) is 7.97. The van der Waals surface area contributed by atoms with E-state index in [0.717, 1.165) is 18.4 Å². The van der Waals surface area contributed by atoms with Crippen molar-refractivity contribution in [1.82, 2.24) is 10.6 Å². The van der Waals surface area contributed by atoms with E-state index in [1.807, 2.05) is 6.07 Å². The number of amides is 2. The Hall–Kier alpha value is -2.24. The van der Waals surface area contributed by atoms with Gasteiger partial charge in [-0.3, -0.25) is 0 Å². The highest BCUT2D eigenvalue weighted by Crippen LogP contribution is 2.04. The van der Waals surface area contributed by atoms with E-state index in [2.05, 4.69) is 22.7 Å². The molecule has 0 fully saturated rings. The molecule has 0 unspecified atom stereocenters. The van der Waals surface area contributed by atoms with Crippen LogP contribution in [0.3, 0.4) is 0 Å². The van der Waals surface area contributed by atoms with E-state index in [9.17, 15) is 4.79 Å². The maximum Gasteiger partial charge on any atom is 0.315 e. The van der Waals surface area contributed by atoms with Crippen molar-refractivity contribution in [1.29, 1.82) is 0 Å². The number of nitrogens with two attached hydrogens (primary N) is 1. The number of benzene rings is 1. The highest BCUT2D eigenvalue weighted by molar-refractivity contribution is 5.97. The third kappa shape index (κ3) is 5.29. The Morgan fingerprint density at radius 2 is 2.21 bits per heavy atom. The van der Waals surface area contributed by atoms with Crippen LogP contribution in [-0.4, -0.2) is 23.6 Å². The lowest BCUT2D eigenvalue weighted by Crippen LogP contribution is -2.35. The minimum atomic E-state index is -0.192. The monoisotopic (exact) mass is 264 g/mol. The van der Waals surface area contributed by atoms with Crippen LogP contribution >= 0.6 is 0 Å². The fraction of sp³-hybridized carbons (Fsp3) is 0.385. The van der Waals surface area contributed by atoms with Crippen molar-refractivity contribution in [2.75, 3.05) is 6.54 Å². The van der Waals surface area contributed by atoms with Gasteiger partial charge in [-0.15, -0.1) is 0 Å². The molecule has 5 N–H and O–H groups in total. The Morgan fingerprint density at radius 1 is 1.42 bits per heavy atom. The first-order chi connectivity index (χ1) is 9.17. The third-order valence-electron chi connectivity index (χ3n) is 2.60. The molecule has 0 saturated heterocycles. The molecule has 0 spiro atoms. The lowest BCUT2D eigenvalue weighted by atomic mass is 10.1. The van der Waals surface area contributed by atoms with Crippen molar-refractivity contribution >= 4 is 11.9 Å². The minimum Gasteiger partial charge on any atom is -0.409 e. The van der Waals surface area contributed by atoms with Crippen molar-refractivity contribution in [3.05, 3.63) is 35.4 Å². The van der Waals surface area contributed by atoms with Crippen LogP contribution in [0.2, 0.25) is 0 Å². The Morgan fingerprint density at radius 3 is 2.89 bits per heavy atom. The van der Waals surface area contributed by atoms with Crippen molar-refractivity contribution in [3.63, 3.8) is 0 Å². The Kier molecular flexibility index (Phi) is 6.21. The molecule has 0 atom stereocenters. The SMILES string of the molecule is CCCCNC(=O)NCc1cccc(C(N)=NO)c1. The molecule has 0 aliphatic carbocycles. The van der Waals surface area contributed by atoms with Crippen molar-refractivity contribution < 1.29 is 10.0 Å². The summed E-state index contributed by atoms with van der Waals surface area (Å²) in [5.74, 6) is 0.0502. The summed E-state index contributed by atoms with van der Waals surface area (Å²) < 4.78 is 0. The van der Waals surface area contributed by atoms with Crippen LogP contribution in [-0.2, 0) is 6.54 Å². The van der Waals surface area contributed by atoms with Crippen molar-refractivity contribution in [2.45, 2.75) is 26.3 Å². The number of carbonyl (C=O) groups is 1. The molecule has 1 rings (SSSR count). The third-order valence-corrected chi connectivity index (χ3v) is 2.60. The molecule has 0 radical (unpaired) electrons. The Labute approximate surface area is 112 Å². The molecule has 0 aliphatic heterocycles. The zero-order chi connectivity index (χ0) is 14.1. The number of nitrogens with zero attached hydrogens (tertiary/aromatic N) is 1. The number of unbranched alkanes of at least 4 members (excludes halogenated alkanes) is 1. The van der Waals surface area contributed by atoms with Crippen LogP contribution in [0.25, 0.3) is 0 Å². The quantitative estimate of drug-likeness (QED) is 0.205. The van der Waals surface area contributed by atoms with Crippen molar-refractivity contribution in [2.24, 2.45) is 10.9 Å². The number of nitrogens with one attached hydrogen (secondary N) is 2. The first-order valence-corrected chi connectivity index (χ1v) is 6.26. The molecular weight excluding hydrogens is 244 g/mol. The maximum absolute atomic E-state index is 11.5. The molecule has 1 aromatic rings. The Bertz CT molecular complexity index is 446. The number of amidine groups is 1. The van der Waals surface area contributed by atoms with Crippen LogP contribution in [0.4, 0.5) is 4.79 Å². The molecule has 6 nitrogen and oxygen atoms in total. The van der Waals surface area contributed by atoms with Crippen LogP contribution < -0.4 is 16.4 Å². The van der Waals surface area contributed by atoms with Gasteiger partial charge < -0.3 is 21.6 Å². The van der Waals surface area contributed by atoms with Crippen molar-refractivity contribution in [3.8, 4) is 0 Å². The number of oxime groups is 1. The summed E-state index contributed by atoms with van der Waals surface area (Å²) in [6.45, 7) is 3.13. The summed E-state index contributed by atoms with van der Waals surface area (Å²) in [6.07, 6.45) is 2.01. The summed E-state index contributed by atoms with van der Waals surface area (Å²) in [5, 5.41) is 17.1. The average Bonchev–Trinajstić information content (AvgIpc) is 2.45. The van der Waals surface area contributed by atoms with Crippen LogP contribution in [0.1, 0.15) is 30.9 Å². The van der Waals surface area contributed by atoms with E-state index < -0.39 is 0 Å². The molecule has 19 heavy (non-hydrogen) atoms. The van der Waals surface area contributed by atoms with Crippen LogP contribution in [0, 0.1) is 0 Å². The van der Waals surface area contributed by atoms with Gasteiger partial charge in [0, 0.05) is 18.7 Å². The van der Waals surface area contributed by atoms with Gasteiger partial charge in [-0.25, -0.2) is 4.79 Å². The number of hydrogen-bond acceptors (Lipinski definition) is 3. The first-order valence-electron chi connectivity index (χ1n) is 6.26. The predicted molar refractivity (Wildman–Crippen MR) is 74.1 cm³/mol. The molecule has 0 aliphatic rings. The molecule has 0 aromatic heterocycles. The summed E-state index contributed by atoms with van der Waals surface area (Å²) in [7, 11) is 0. The van der Waals surface area contributed by atoms with E-state index >= 15 is 0 Å². The summed E-state index contributed by atoms with van der Waals surface area (Å²) in [4.78, 5) is 11.5. The van der Waals surface area contributed by atoms with E-state index in [0.29, 0.717) is 18.7 Å². The number of urea groups is 1. The minimum absolute atomic E-state index is 0.0502. The number of carbonyl (C=O) groups excluding carboxylic acids is 1. The molecule has 104 valence electrons. The fourth-order valence-corrected chi connectivity index (χ4v) is 1.52. The molecule has 0 saturated carbocycles. The van der Waals surface area contributed by atoms with Gasteiger partial charge in [0.1, 0.15) is 0 Å². The van der Waals surface area contributed by atoms with Gasteiger partial charge in [-0.05, 0) is 18.1 Å². The highest BCUT2D eigenvalue weighted by atomic mass is 16.4. The summed E-state index contributed by atoms with van der Waals surface area (Å²) in [5.41, 5.74) is 7.00. The standard InChI is InChI=1S/C13H20N4O2/c1-2-3-7-15-13(18)16-9-10-5-4-6-11(8-10)12(14)17-19/h4-6,8,19H,2-3,7,9H2,1H3,(H2,14,17)(H2,15,16,18). The zero-order valence-corrected chi connectivity index (χ0v) is 11.0. The number of hydrogen-bond donors (Lipinski definition) is 4.